The summed E-state index contributed by atoms with van der Waals surface area (Å²) in [6.45, 7) is 12.4. The van der Waals surface area contributed by atoms with Gasteiger partial charge in [-0.2, -0.15) is 5.26 Å². The maximum Gasteiger partial charge on any atom is 0.219 e. The fourth-order valence-corrected chi connectivity index (χ4v) is 4.88. The maximum absolute atomic E-state index is 12.2. The zero-order valence-electron chi connectivity index (χ0n) is 21.2. The predicted molar refractivity (Wildman–Crippen MR) is 138 cm³/mol. The molecule has 1 saturated heterocycles. The van der Waals surface area contributed by atoms with Crippen molar-refractivity contribution in [1.29, 1.82) is 5.26 Å². The molecule has 0 bridgehead atoms. The van der Waals surface area contributed by atoms with Gasteiger partial charge in [-0.1, -0.05) is 68.7 Å². The van der Waals surface area contributed by atoms with Crippen LogP contribution in [0.2, 0.25) is 0 Å². The third-order valence-electron chi connectivity index (χ3n) is 7.03. The number of piperazine rings is 1. The second-order valence-corrected chi connectivity index (χ2v) is 9.50. The number of amides is 1. The Kier molecular flexibility index (Phi) is 10.1. The van der Waals surface area contributed by atoms with Gasteiger partial charge in [0.15, 0.2) is 0 Å². The van der Waals surface area contributed by atoms with Gasteiger partial charge in [-0.25, -0.2) is 0 Å². The first-order valence-corrected chi connectivity index (χ1v) is 12.8. The highest BCUT2D eigenvalue weighted by molar-refractivity contribution is 5.73. The number of rotatable bonds is 11. The SMILES string of the molecule is CCCCCC(c1ccc(C#N)c(C)c1)N1CCN(CCN(Cc2ccccc2)C(C)=O)CC1. The van der Waals surface area contributed by atoms with Crippen LogP contribution in [0.1, 0.15) is 67.8 Å². The number of benzene rings is 2. The van der Waals surface area contributed by atoms with Gasteiger partial charge in [0.1, 0.15) is 0 Å². The molecule has 0 spiro atoms. The van der Waals surface area contributed by atoms with Crippen molar-refractivity contribution in [3.63, 3.8) is 0 Å². The highest BCUT2D eigenvalue weighted by Gasteiger charge is 2.25. The topological polar surface area (TPSA) is 50.6 Å². The fraction of sp³-hybridized carbons (Fsp3) is 0.517. The summed E-state index contributed by atoms with van der Waals surface area (Å²) in [6.07, 6.45) is 4.87. The van der Waals surface area contributed by atoms with E-state index in [9.17, 15) is 10.1 Å². The Morgan fingerprint density at radius 2 is 1.82 bits per heavy atom. The standard InChI is InChI=1S/C29H40N4O/c1-4-5-7-12-29(27-13-14-28(22-30)24(2)21-27)32-18-15-31(16-19-32)17-20-33(25(3)34)23-26-10-8-6-9-11-26/h6,8-11,13-14,21,29H,4-5,7,12,15-20,23H2,1-3H3. The molecule has 0 aromatic heterocycles. The highest BCUT2D eigenvalue weighted by Crippen LogP contribution is 2.29. The molecule has 1 atom stereocenters. The van der Waals surface area contributed by atoms with Crippen molar-refractivity contribution >= 4 is 5.91 Å². The number of hydrogen-bond acceptors (Lipinski definition) is 4. The van der Waals surface area contributed by atoms with E-state index in [0.29, 0.717) is 12.6 Å². The summed E-state index contributed by atoms with van der Waals surface area (Å²) in [5.74, 6) is 0.134. The summed E-state index contributed by atoms with van der Waals surface area (Å²) in [4.78, 5) is 19.3. The lowest BCUT2D eigenvalue weighted by Gasteiger charge is -2.40. The minimum absolute atomic E-state index is 0.134. The van der Waals surface area contributed by atoms with Crippen LogP contribution in [0.25, 0.3) is 0 Å². The van der Waals surface area contributed by atoms with Crippen LogP contribution in [0.4, 0.5) is 0 Å². The van der Waals surface area contributed by atoms with Crippen molar-refractivity contribution in [2.75, 3.05) is 39.3 Å². The van der Waals surface area contributed by atoms with Crippen LogP contribution in [-0.4, -0.2) is 59.9 Å². The van der Waals surface area contributed by atoms with E-state index in [0.717, 1.165) is 56.8 Å². The van der Waals surface area contributed by atoms with Gasteiger partial charge in [0.2, 0.25) is 5.91 Å². The van der Waals surface area contributed by atoms with E-state index in [1.807, 2.05) is 36.1 Å². The van der Waals surface area contributed by atoms with Crippen LogP contribution in [0.3, 0.4) is 0 Å². The number of nitriles is 1. The fourth-order valence-electron chi connectivity index (χ4n) is 4.88. The molecule has 2 aromatic carbocycles. The molecule has 5 heteroatoms. The van der Waals surface area contributed by atoms with Gasteiger partial charge in [-0.3, -0.25) is 14.6 Å². The second kappa shape index (κ2) is 13.3. The lowest BCUT2D eigenvalue weighted by molar-refractivity contribution is -0.129. The minimum Gasteiger partial charge on any atom is -0.337 e. The first kappa shape index (κ1) is 25.9. The molecule has 1 unspecified atom stereocenters. The van der Waals surface area contributed by atoms with E-state index in [4.69, 9.17) is 0 Å². The van der Waals surface area contributed by atoms with Crippen molar-refractivity contribution in [2.45, 2.75) is 59.0 Å². The molecule has 1 amide bonds. The molecule has 5 nitrogen and oxygen atoms in total. The Bertz CT molecular complexity index is 944. The summed E-state index contributed by atoms with van der Waals surface area (Å²) < 4.78 is 0. The molecule has 1 heterocycles. The molecule has 0 N–H and O–H groups in total. The quantitative estimate of drug-likeness (QED) is 0.435. The molecular weight excluding hydrogens is 420 g/mol. The van der Waals surface area contributed by atoms with Crippen LogP contribution in [0.15, 0.2) is 48.5 Å². The summed E-state index contributed by atoms with van der Waals surface area (Å²) >= 11 is 0. The van der Waals surface area contributed by atoms with Gasteiger partial charge in [-0.05, 0) is 36.1 Å². The highest BCUT2D eigenvalue weighted by atomic mass is 16.2. The van der Waals surface area contributed by atoms with Gasteiger partial charge < -0.3 is 4.90 Å². The number of unbranched alkanes of at least 4 members (excludes halogenated alkanes) is 2. The Labute approximate surface area is 206 Å². The number of carbonyl (C=O) groups excluding carboxylic acids is 1. The molecule has 1 aliphatic heterocycles. The van der Waals surface area contributed by atoms with Crippen LogP contribution >= 0.6 is 0 Å². The molecular formula is C29H40N4O. The number of hydrogen-bond donors (Lipinski definition) is 0. The Balaban J connectivity index is 1.57. The van der Waals surface area contributed by atoms with E-state index in [2.05, 4.69) is 47.1 Å². The zero-order valence-corrected chi connectivity index (χ0v) is 21.2. The van der Waals surface area contributed by atoms with Gasteiger partial charge in [0, 0.05) is 58.8 Å². The first-order chi connectivity index (χ1) is 16.5. The van der Waals surface area contributed by atoms with E-state index < -0.39 is 0 Å². The molecule has 1 fully saturated rings. The number of aryl methyl sites for hydroxylation is 1. The average Bonchev–Trinajstić information content (AvgIpc) is 2.85. The smallest absolute Gasteiger partial charge is 0.219 e. The third kappa shape index (κ3) is 7.41. The minimum atomic E-state index is 0.134. The average molecular weight is 461 g/mol. The van der Waals surface area contributed by atoms with Crippen molar-refractivity contribution < 1.29 is 4.79 Å². The molecule has 3 rings (SSSR count). The summed E-state index contributed by atoms with van der Waals surface area (Å²) in [5, 5.41) is 9.32. The number of nitrogens with zero attached hydrogens (tertiary/aromatic N) is 4. The third-order valence-corrected chi connectivity index (χ3v) is 7.03. The molecule has 182 valence electrons. The van der Waals surface area contributed by atoms with Crippen molar-refractivity contribution in [2.24, 2.45) is 0 Å². The monoisotopic (exact) mass is 460 g/mol. The van der Waals surface area contributed by atoms with Crippen LogP contribution in [0, 0.1) is 18.3 Å². The Hall–Kier alpha value is -2.68. The largest absolute Gasteiger partial charge is 0.337 e. The summed E-state index contributed by atoms with van der Waals surface area (Å²) in [7, 11) is 0. The zero-order chi connectivity index (χ0) is 24.3. The van der Waals surface area contributed by atoms with Gasteiger partial charge in [0.05, 0.1) is 11.6 Å². The molecule has 2 aromatic rings. The molecule has 34 heavy (non-hydrogen) atoms. The molecule has 0 aliphatic carbocycles. The van der Waals surface area contributed by atoms with E-state index in [-0.39, 0.29) is 5.91 Å². The molecule has 0 saturated carbocycles. The summed E-state index contributed by atoms with van der Waals surface area (Å²) in [5.41, 5.74) is 4.36. The Morgan fingerprint density at radius 3 is 2.44 bits per heavy atom. The Morgan fingerprint density at radius 1 is 1.09 bits per heavy atom. The van der Waals surface area contributed by atoms with E-state index in [1.165, 1.54) is 30.4 Å². The predicted octanol–water partition coefficient (Wildman–Crippen LogP) is 5.15. The van der Waals surface area contributed by atoms with Gasteiger partial charge in [-0.15, -0.1) is 0 Å². The van der Waals surface area contributed by atoms with Crippen molar-refractivity contribution in [1.82, 2.24) is 14.7 Å². The maximum atomic E-state index is 12.2. The normalized spacial score (nSPS) is 15.6. The van der Waals surface area contributed by atoms with Crippen molar-refractivity contribution in [3.05, 3.63) is 70.8 Å². The van der Waals surface area contributed by atoms with E-state index in [1.54, 1.807) is 6.92 Å². The molecule has 1 aliphatic rings. The summed E-state index contributed by atoms with van der Waals surface area (Å²) in [6, 6.07) is 19.3. The first-order valence-electron chi connectivity index (χ1n) is 12.8. The van der Waals surface area contributed by atoms with Gasteiger partial charge in [0.25, 0.3) is 0 Å². The van der Waals surface area contributed by atoms with Crippen molar-refractivity contribution in [3.8, 4) is 6.07 Å². The van der Waals surface area contributed by atoms with Crippen LogP contribution < -0.4 is 0 Å². The molecule has 0 radical (unpaired) electrons. The second-order valence-electron chi connectivity index (χ2n) is 9.50. The number of carbonyl (C=O) groups is 1. The lowest BCUT2D eigenvalue weighted by Crippen LogP contribution is -2.49. The van der Waals surface area contributed by atoms with Crippen LogP contribution in [0.5, 0.6) is 0 Å². The lowest BCUT2D eigenvalue weighted by atomic mass is 9.95. The van der Waals surface area contributed by atoms with E-state index >= 15 is 0 Å². The van der Waals surface area contributed by atoms with Crippen LogP contribution in [-0.2, 0) is 11.3 Å². The van der Waals surface area contributed by atoms with Gasteiger partial charge >= 0.3 is 0 Å².